The molecule has 2 saturated carbocycles. The van der Waals surface area contributed by atoms with Crippen molar-refractivity contribution < 1.29 is 14.2 Å². The summed E-state index contributed by atoms with van der Waals surface area (Å²) in [6.45, 7) is 12.5. The van der Waals surface area contributed by atoms with E-state index in [9.17, 15) is 0 Å². The maximum Gasteiger partial charge on any atom is 0.171 e. The van der Waals surface area contributed by atoms with Crippen molar-refractivity contribution in [3.63, 3.8) is 0 Å². The molecule has 1 aliphatic heterocycles. The summed E-state index contributed by atoms with van der Waals surface area (Å²) in [5, 5.41) is 0. The topological polar surface area (TPSA) is 27.7 Å². The van der Waals surface area contributed by atoms with Gasteiger partial charge in [0.05, 0.1) is 18.8 Å². The molecule has 4 atom stereocenters. The van der Waals surface area contributed by atoms with Gasteiger partial charge >= 0.3 is 0 Å². The second-order valence-corrected chi connectivity index (χ2v) is 7.99. The lowest BCUT2D eigenvalue weighted by atomic mass is 9.75. The fraction of sp³-hybridized carbons (Fsp3) is 0.889. The van der Waals surface area contributed by atoms with Crippen LogP contribution in [0.2, 0.25) is 0 Å². The van der Waals surface area contributed by atoms with Gasteiger partial charge in [-0.25, -0.2) is 0 Å². The Hall–Kier alpha value is -0.380. The van der Waals surface area contributed by atoms with E-state index in [1.165, 1.54) is 12.8 Å². The van der Waals surface area contributed by atoms with Crippen LogP contribution >= 0.6 is 0 Å². The maximum absolute atomic E-state index is 6.15. The smallest absolute Gasteiger partial charge is 0.171 e. The quantitative estimate of drug-likeness (QED) is 0.738. The summed E-state index contributed by atoms with van der Waals surface area (Å²) < 4.78 is 18.3. The van der Waals surface area contributed by atoms with Crippen molar-refractivity contribution in [2.75, 3.05) is 20.3 Å². The fourth-order valence-electron chi connectivity index (χ4n) is 5.39. The van der Waals surface area contributed by atoms with Crippen LogP contribution < -0.4 is 0 Å². The molecular weight excluding hydrogens is 264 g/mol. The predicted octanol–water partition coefficient (Wildman–Crippen LogP) is 3.78. The van der Waals surface area contributed by atoms with Gasteiger partial charge < -0.3 is 14.2 Å². The van der Waals surface area contributed by atoms with E-state index in [-0.39, 0.29) is 11.4 Å². The zero-order valence-corrected chi connectivity index (χ0v) is 14.0. The molecule has 0 radical (unpaired) electrons. The van der Waals surface area contributed by atoms with Crippen LogP contribution in [0.25, 0.3) is 0 Å². The highest BCUT2D eigenvalue weighted by molar-refractivity contribution is 5.12. The molecule has 0 bridgehead atoms. The molecule has 1 unspecified atom stereocenters. The molecular formula is C18H30O3. The molecule has 1 spiro atoms. The molecule has 3 aliphatic rings. The van der Waals surface area contributed by atoms with E-state index < -0.39 is 0 Å². The van der Waals surface area contributed by atoms with Gasteiger partial charge in [-0.3, -0.25) is 0 Å². The molecule has 3 rings (SSSR count). The lowest BCUT2D eigenvalue weighted by molar-refractivity contribution is -0.210. The van der Waals surface area contributed by atoms with Crippen LogP contribution in [-0.2, 0) is 14.2 Å². The third-order valence-electron chi connectivity index (χ3n) is 6.50. The van der Waals surface area contributed by atoms with E-state index in [1.54, 1.807) is 0 Å². The Morgan fingerprint density at radius 2 is 2.00 bits per heavy atom. The zero-order valence-electron chi connectivity index (χ0n) is 14.0. The van der Waals surface area contributed by atoms with Crippen molar-refractivity contribution in [3.8, 4) is 0 Å². The van der Waals surface area contributed by atoms with Gasteiger partial charge in [0, 0.05) is 19.4 Å². The van der Waals surface area contributed by atoms with Crippen LogP contribution in [-0.4, -0.2) is 31.7 Å². The molecule has 3 nitrogen and oxygen atoms in total. The molecule has 2 aliphatic carbocycles. The van der Waals surface area contributed by atoms with Crippen LogP contribution in [0.4, 0.5) is 0 Å². The fourth-order valence-corrected chi connectivity index (χ4v) is 5.39. The largest absolute Gasteiger partial charge is 0.378 e. The van der Waals surface area contributed by atoms with Crippen LogP contribution in [0.3, 0.4) is 0 Å². The summed E-state index contributed by atoms with van der Waals surface area (Å²) in [7, 11) is 1.84. The van der Waals surface area contributed by atoms with Crippen molar-refractivity contribution >= 4 is 0 Å². The lowest BCUT2D eigenvalue weighted by Gasteiger charge is -2.42. The van der Waals surface area contributed by atoms with E-state index in [1.807, 2.05) is 13.2 Å². The van der Waals surface area contributed by atoms with E-state index in [2.05, 4.69) is 27.4 Å². The van der Waals surface area contributed by atoms with E-state index in [0.29, 0.717) is 23.2 Å². The van der Waals surface area contributed by atoms with Gasteiger partial charge in [0.15, 0.2) is 5.79 Å². The average Bonchev–Trinajstić information content (AvgIpc) is 3.11. The van der Waals surface area contributed by atoms with Crippen LogP contribution in [0.15, 0.2) is 12.7 Å². The third kappa shape index (κ3) is 2.20. The van der Waals surface area contributed by atoms with E-state index in [0.717, 1.165) is 26.1 Å². The van der Waals surface area contributed by atoms with Gasteiger partial charge in [-0.1, -0.05) is 19.9 Å². The molecule has 3 fully saturated rings. The molecule has 21 heavy (non-hydrogen) atoms. The highest BCUT2D eigenvalue weighted by Crippen LogP contribution is 2.65. The Kier molecular flexibility index (Phi) is 3.75. The van der Waals surface area contributed by atoms with Gasteiger partial charge in [0.1, 0.15) is 0 Å². The first-order valence-corrected chi connectivity index (χ1v) is 8.32. The van der Waals surface area contributed by atoms with Crippen molar-refractivity contribution in [1.29, 1.82) is 0 Å². The Bertz CT molecular complexity index is 411. The van der Waals surface area contributed by atoms with Crippen LogP contribution in [0.1, 0.15) is 46.5 Å². The Balaban J connectivity index is 1.98. The summed E-state index contributed by atoms with van der Waals surface area (Å²) in [5.41, 5.74) is 0.153. The molecule has 3 heteroatoms. The van der Waals surface area contributed by atoms with E-state index >= 15 is 0 Å². The summed E-state index contributed by atoms with van der Waals surface area (Å²) in [4.78, 5) is 0. The van der Waals surface area contributed by atoms with Gasteiger partial charge in [-0.15, -0.1) is 6.58 Å². The van der Waals surface area contributed by atoms with Crippen molar-refractivity contribution in [2.45, 2.75) is 57.8 Å². The first-order chi connectivity index (χ1) is 9.88. The van der Waals surface area contributed by atoms with Crippen molar-refractivity contribution in [3.05, 3.63) is 12.7 Å². The van der Waals surface area contributed by atoms with Crippen molar-refractivity contribution in [1.82, 2.24) is 0 Å². The minimum Gasteiger partial charge on any atom is -0.378 e. The second-order valence-electron chi connectivity index (χ2n) is 7.99. The van der Waals surface area contributed by atoms with Gasteiger partial charge in [-0.2, -0.15) is 0 Å². The van der Waals surface area contributed by atoms with Crippen LogP contribution in [0.5, 0.6) is 0 Å². The first kappa shape index (κ1) is 15.5. The van der Waals surface area contributed by atoms with Crippen LogP contribution in [0, 0.1) is 23.2 Å². The number of methoxy groups -OCH3 is 1. The minimum atomic E-state index is -0.343. The molecule has 1 heterocycles. The monoisotopic (exact) mass is 294 g/mol. The molecule has 0 amide bonds. The molecule has 0 N–H and O–H groups in total. The molecule has 0 aromatic rings. The Morgan fingerprint density at radius 3 is 2.57 bits per heavy atom. The second kappa shape index (κ2) is 5.07. The molecule has 1 saturated heterocycles. The number of rotatable bonds is 4. The average molecular weight is 294 g/mol. The third-order valence-corrected chi connectivity index (χ3v) is 6.50. The molecule has 120 valence electrons. The maximum atomic E-state index is 6.15. The van der Waals surface area contributed by atoms with Gasteiger partial charge in [0.25, 0.3) is 0 Å². The molecule has 0 aromatic heterocycles. The lowest BCUT2D eigenvalue weighted by Crippen LogP contribution is -2.47. The minimum absolute atomic E-state index is 0.176. The number of ether oxygens (including phenoxy) is 3. The number of fused-ring (bicyclic) bond motifs is 2. The highest BCUT2D eigenvalue weighted by atomic mass is 16.7. The summed E-state index contributed by atoms with van der Waals surface area (Å²) in [6.07, 6.45) is 6.29. The zero-order chi connectivity index (χ0) is 15.3. The summed E-state index contributed by atoms with van der Waals surface area (Å²) in [5.74, 6) is 1.23. The normalized spacial score (nSPS) is 39.3. The highest BCUT2D eigenvalue weighted by Gasteiger charge is 2.66. The number of hydrogen-bond acceptors (Lipinski definition) is 3. The van der Waals surface area contributed by atoms with Gasteiger partial charge in [-0.05, 0) is 43.4 Å². The SMILES string of the molecule is C=CCC(C)(OC)[C@H]1CC(C)(C)[C@@H]2CCC3(OCCO3)[C@@H]21. The Morgan fingerprint density at radius 1 is 1.33 bits per heavy atom. The van der Waals surface area contributed by atoms with Crippen molar-refractivity contribution in [2.24, 2.45) is 23.2 Å². The predicted molar refractivity (Wildman–Crippen MR) is 83.0 cm³/mol. The van der Waals surface area contributed by atoms with E-state index in [4.69, 9.17) is 14.2 Å². The number of hydrogen-bond donors (Lipinski definition) is 0. The summed E-state index contributed by atoms with van der Waals surface area (Å²) in [6, 6.07) is 0. The Labute approximate surface area is 129 Å². The van der Waals surface area contributed by atoms with Gasteiger partial charge in [0.2, 0.25) is 0 Å². The molecule has 0 aromatic carbocycles. The first-order valence-electron chi connectivity index (χ1n) is 8.32. The standard InChI is InChI=1S/C18H30O3/c1-6-8-17(4,19-5)14-12-16(2,3)13-7-9-18(15(13)14)20-10-11-21-18/h6,13-15H,1,7-12H2,2-5H3/t13-,14+,15+,17?/m1/s1. The summed E-state index contributed by atoms with van der Waals surface area (Å²) >= 11 is 0.